The molecule has 0 bridgehead atoms. The van der Waals surface area contributed by atoms with Crippen molar-refractivity contribution in [3.8, 4) is 5.69 Å². The molecule has 5 nitrogen and oxygen atoms in total. The Morgan fingerprint density at radius 2 is 1.74 bits per heavy atom. The van der Waals surface area contributed by atoms with Gasteiger partial charge in [0.05, 0.1) is 27.5 Å². The molecule has 1 N–H and O–H groups in total. The van der Waals surface area contributed by atoms with Crippen LogP contribution in [0.25, 0.3) is 16.6 Å². The van der Waals surface area contributed by atoms with Crippen LogP contribution in [0.4, 0.5) is 14.5 Å². The lowest BCUT2D eigenvalue weighted by Gasteiger charge is -2.19. The van der Waals surface area contributed by atoms with E-state index in [1.54, 1.807) is 36.4 Å². The van der Waals surface area contributed by atoms with Crippen molar-refractivity contribution in [2.75, 3.05) is 5.32 Å². The minimum atomic E-state index is -0.626. The van der Waals surface area contributed by atoms with Gasteiger partial charge >= 0.3 is 0 Å². The Bertz CT molecular complexity index is 1370. The summed E-state index contributed by atoms with van der Waals surface area (Å²) < 4.78 is 29.1. The van der Waals surface area contributed by atoms with Crippen molar-refractivity contribution in [2.24, 2.45) is 0 Å². The van der Waals surface area contributed by atoms with Crippen LogP contribution in [0.1, 0.15) is 26.2 Å². The summed E-state index contributed by atoms with van der Waals surface area (Å²) in [6, 6.07) is 18.4. The van der Waals surface area contributed by atoms with Gasteiger partial charge in [0.15, 0.2) is 5.16 Å². The molecule has 0 aliphatic heterocycles. The third-order valence-corrected chi connectivity index (χ3v) is 6.54. The second-order valence-electron chi connectivity index (χ2n) is 7.75. The number of amides is 1. The summed E-state index contributed by atoms with van der Waals surface area (Å²) in [6.45, 7) is 2.01. The number of carbonyl (C=O) groups is 1. The summed E-state index contributed by atoms with van der Waals surface area (Å²) in [5.41, 5.74) is 0.716. The molecule has 0 aliphatic rings. The summed E-state index contributed by atoms with van der Waals surface area (Å²) in [5, 5.41) is 2.75. The van der Waals surface area contributed by atoms with Crippen molar-refractivity contribution in [3.05, 3.63) is 94.8 Å². The van der Waals surface area contributed by atoms with Crippen LogP contribution in [0.2, 0.25) is 0 Å². The number of benzene rings is 3. The third kappa shape index (κ3) is 5.17. The Morgan fingerprint density at radius 3 is 2.47 bits per heavy atom. The maximum Gasteiger partial charge on any atom is 0.266 e. The lowest BCUT2D eigenvalue weighted by atomic mass is 10.2. The Kier molecular flexibility index (Phi) is 7.37. The zero-order valence-corrected chi connectivity index (χ0v) is 19.3. The van der Waals surface area contributed by atoms with Crippen LogP contribution < -0.4 is 10.9 Å². The average molecular weight is 480 g/mol. The maximum absolute atomic E-state index is 14.1. The van der Waals surface area contributed by atoms with E-state index in [1.165, 1.54) is 41.0 Å². The van der Waals surface area contributed by atoms with E-state index in [-0.39, 0.29) is 17.2 Å². The van der Waals surface area contributed by atoms with Gasteiger partial charge < -0.3 is 5.32 Å². The molecule has 1 aromatic heterocycles. The van der Waals surface area contributed by atoms with Crippen LogP contribution in [0.5, 0.6) is 0 Å². The van der Waals surface area contributed by atoms with Gasteiger partial charge in [-0.15, -0.1) is 0 Å². The predicted molar refractivity (Wildman–Crippen MR) is 131 cm³/mol. The number of unbranched alkanes of at least 4 members (excludes halogenated alkanes) is 1. The first-order valence-electron chi connectivity index (χ1n) is 11.0. The smallest absolute Gasteiger partial charge is 0.266 e. The zero-order valence-electron chi connectivity index (χ0n) is 18.5. The topological polar surface area (TPSA) is 64.0 Å². The van der Waals surface area contributed by atoms with Crippen molar-refractivity contribution in [1.82, 2.24) is 9.55 Å². The molecular weight excluding hydrogens is 456 g/mol. The molecular formula is C26H23F2N3O2S. The fraction of sp³-hybridized carbons (Fsp3) is 0.192. The molecule has 0 spiro atoms. The molecule has 0 fully saturated rings. The van der Waals surface area contributed by atoms with Crippen molar-refractivity contribution < 1.29 is 13.6 Å². The van der Waals surface area contributed by atoms with Gasteiger partial charge in [0, 0.05) is 0 Å². The summed E-state index contributed by atoms with van der Waals surface area (Å²) >= 11 is 1.14. The zero-order chi connectivity index (χ0) is 24.1. The number of fused-ring (bicyclic) bond motifs is 1. The molecule has 1 amide bonds. The van der Waals surface area contributed by atoms with E-state index in [0.29, 0.717) is 28.2 Å². The molecule has 34 heavy (non-hydrogen) atoms. The number of hydrogen-bond donors (Lipinski definition) is 1. The van der Waals surface area contributed by atoms with E-state index < -0.39 is 16.9 Å². The molecule has 4 rings (SSSR count). The first kappa shape index (κ1) is 23.6. The van der Waals surface area contributed by atoms with Crippen LogP contribution in [-0.2, 0) is 4.79 Å². The molecule has 1 atom stereocenters. The Labute approximate surface area is 199 Å². The largest absolute Gasteiger partial charge is 0.323 e. The van der Waals surface area contributed by atoms with Gasteiger partial charge in [0.25, 0.3) is 5.56 Å². The normalized spacial score (nSPS) is 12.0. The minimum absolute atomic E-state index is 0.0944. The van der Waals surface area contributed by atoms with Crippen LogP contribution in [-0.4, -0.2) is 20.7 Å². The van der Waals surface area contributed by atoms with Gasteiger partial charge in [-0.1, -0.05) is 55.8 Å². The number of nitrogens with one attached hydrogen (secondary N) is 1. The number of rotatable bonds is 8. The highest BCUT2D eigenvalue weighted by molar-refractivity contribution is 8.00. The maximum atomic E-state index is 14.1. The average Bonchev–Trinajstić information content (AvgIpc) is 2.84. The summed E-state index contributed by atoms with van der Waals surface area (Å²) in [4.78, 5) is 31.2. The monoisotopic (exact) mass is 479 g/mol. The quantitative estimate of drug-likeness (QED) is 0.250. The third-order valence-electron chi connectivity index (χ3n) is 5.32. The number of aromatic nitrogens is 2. The lowest BCUT2D eigenvalue weighted by molar-refractivity contribution is -0.115. The Morgan fingerprint density at radius 1 is 1.03 bits per heavy atom. The molecule has 3 aromatic carbocycles. The van der Waals surface area contributed by atoms with Crippen molar-refractivity contribution in [1.29, 1.82) is 0 Å². The van der Waals surface area contributed by atoms with E-state index in [4.69, 9.17) is 0 Å². The van der Waals surface area contributed by atoms with Crippen molar-refractivity contribution in [2.45, 2.75) is 36.6 Å². The van der Waals surface area contributed by atoms with E-state index in [9.17, 15) is 18.4 Å². The fourth-order valence-electron chi connectivity index (χ4n) is 3.55. The molecule has 174 valence electrons. The van der Waals surface area contributed by atoms with Gasteiger partial charge in [-0.3, -0.25) is 14.2 Å². The fourth-order valence-corrected chi connectivity index (χ4v) is 4.70. The van der Waals surface area contributed by atoms with Crippen LogP contribution >= 0.6 is 11.8 Å². The van der Waals surface area contributed by atoms with E-state index in [2.05, 4.69) is 10.3 Å². The summed E-state index contributed by atoms with van der Waals surface area (Å²) in [5.74, 6) is -1.33. The number of nitrogens with zero attached hydrogens (tertiary/aromatic N) is 2. The number of para-hydroxylation sites is 2. The van der Waals surface area contributed by atoms with Crippen LogP contribution in [0, 0.1) is 11.6 Å². The van der Waals surface area contributed by atoms with Crippen LogP contribution in [0.15, 0.2) is 82.7 Å². The summed E-state index contributed by atoms with van der Waals surface area (Å²) in [6.07, 6.45) is 2.13. The number of anilines is 1. The molecule has 0 radical (unpaired) electrons. The molecule has 8 heteroatoms. The summed E-state index contributed by atoms with van der Waals surface area (Å²) in [7, 11) is 0. The molecule has 0 saturated carbocycles. The highest BCUT2D eigenvalue weighted by Gasteiger charge is 2.24. The molecule has 1 unspecified atom stereocenters. The van der Waals surface area contributed by atoms with Gasteiger partial charge in [-0.25, -0.2) is 13.8 Å². The van der Waals surface area contributed by atoms with E-state index in [1.807, 2.05) is 6.92 Å². The molecule has 1 heterocycles. The van der Waals surface area contributed by atoms with Crippen molar-refractivity contribution in [3.63, 3.8) is 0 Å². The first-order chi connectivity index (χ1) is 16.5. The van der Waals surface area contributed by atoms with Gasteiger partial charge in [0.2, 0.25) is 5.91 Å². The van der Waals surface area contributed by atoms with E-state index in [0.717, 1.165) is 24.6 Å². The Balaban J connectivity index is 1.77. The highest BCUT2D eigenvalue weighted by Crippen LogP contribution is 2.29. The lowest BCUT2D eigenvalue weighted by Crippen LogP contribution is -2.28. The number of carbonyl (C=O) groups excluding carboxylic acids is 1. The predicted octanol–water partition coefficient (Wildman–Crippen LogP) is 5.95. The second kappa shape index (κ2) is 10.6. The molecule has 0 aliphatic carbocycles. The SMILES string of the molecule is CCCCC(Sc1nc2ccccc2c(=O)n1-c1ccc(F)cc1)C(=O)Nc1ccccc1F. The van der Waals surface area contributed by atoms with Crippen molar-refractivity contribution >= 4 is 34.3 Å². The number of thioether (sulfide) groups is 1. The standard InChI is InChI=1S/C26H23F2N3O2S/c1-2-3-12-23(24(32)29-22-11-7-5-9-20(22)28)34-26-30-21-10-6-4-8-19(21)25(33)31(26)18-15-13-17(27)14-16-18/h4-11,13-16,23H,2-3,12H2,1H3,(H,29,32). The minimum Gasteiger partial charge on any atom is -0.323 e. The van der Waals surface area contributed by atoms with Gasteiger partial charge in [0.1, 0.15) is 11.6 Å². The Hall–Kier alpha value is -3.52. The van der Waals surface area contributed by atoms with Crippen LogP contribution in [0.3, 0.4) is 0 Å². The molecule has 0 saturated heterocycles. The van der Waals surface area contributed by atoms with Gasteiger partial charge in [-0.05, 0) is 55.0 Å². The number of hydrogen-bond acceptors (Lipinski definition) is 4. The first-order valence-corrected chi connectivity index (χ1v) is 11.9. The van der Waals surface area contributed by atoms with Gasteiger partial charge in [-0.2, -0.15) is 0 Å². The molecule has 4 aromatic rings. The van der Waals surface area contributed by atoms with E-state index >= 15 is 0 Å². The second-order valence-corrected chi connectivity index (χ2v) is 8.92. The highest BCUT2D eigenvalue weighted by atomic mass is 32.2. The number of halogens is 2.